The van der Waals surface area contributed by atoms with Gasteiger partial charge in [-0.1, -0.05) is 28.9 Å². The van der Waals surface area contributed by atoms with Crippen LogP contribution in [0.5, 0.6) is 0 Å². The first-order valence-electron chi connectivity index (χ1n) is 4.61. The molecule has 0 bridgehead atoms. The van der Waals surface area contributed by atoms with Crippen molar-refractivity contribution in [2.24, 2.45) is 5.16 Å². The largest absolute Gasteiger partial charge is 0.411 e. The third-order valence-electron chi connectivity index (χ3n) is 2.10. The molecule has 0 saturated heterocycles. The van der Waals surface area contributed by atoms with Crippen LogP contribution in [0, 0.1) is 0 Å². The van der Waals surface area contributed by atoms with E-state index in [1.165, 1.54) is 11.3 Å². The fraction of sp³-hybridized carbons (Fsp3) is 0.0909. The number of rotatable bonds is 2. The van der Waals surface area contributed by atoms with Crippen molar-refractivity contribution in [3.63, 3.8) is 0 Å². The van der Waals surface area contributed by atoms with E-state index in [-0.39, 0.29) is 0 Å². The molecule has 1 aromatic heterocycles. The molecule has 3 nitrogen and oxygen atoms in total. The Kier molecular flexibility index (Phi) is 3.22. The molecule has 0 saturated carbocycles. The van der Waals surface area contributed by atoms with Crippen molar-refractivity contribution in [2.75, 3.05) is 0 Å². The van der Waals surface area contributed by atoms with Crippen LogP contribution in [0.4, 0.5) is 0 Å². The van der Waals surface area contributed by atoms with E-state index in [1.54, 1.807) is 13.1 Å². The lowest BCUT2D eigenvalue weighted by Crippen LogP contribution is -1.88. The van der Waals surface area contributed by atoms with E-state index in [0.29, 0.717) is 10.7 Å². The van der Waals surface area contributed by atoms with Crippen LogP contribution in [-0.4, -0.2) is 15.9 Å². The standard InChI is InChI=1S/C11H9ClN2OS/c1-7(14-15)10-6-13-11(16-10)8-2-4-9(12)5-3-8/h2-6,15H,1H3/b14-7+. The second-order valence-electron chi connectivity index (χ2n) is 3.22. The topological polar surface area (TPSA) is 45.5 Å². The first kappa shape index (κ1) is 11.1. The number of thiazole rings is 1. The molecule has 16 heavy (non-hydrogen) atoms. The Hall–Kier alpha value is -1.39. The molecule has 0 amide bonds. The molecular weight excluding hydrogens is 244 g/mol. The van der Waals surface area contributed by atoms with E-state index in [1.807, 2.05) is 24.3 Å². The Morgan fingerprint density at radius 2 is 2.06 bits per heavy atom. The molecule has 0 atom stereocenters. The predicted molar refractivity (Wildman–Crippen MR) is 66.6 cm³/mol. The summed E-state index contributed by atoms with van der Waals surface area (Å²) in [5, 5.41) is 13.4. The molecular formula is C11H9ClN2OS. The Balaban J connectivity index is 2.35. The number of aromatic nitrogens is 1. The van der Waals surface area contributed by atoms with Gasteiger partial charge in [-0.25, -0.2) is 4.98 Å². The fourth-order valence-corrected chi connectivity index (χ4v) is 2.20. The molecule has 5 heteroatoms. The minimum atomic E-state index is 0.567. The highest BCUT2D eigenvalue weighted by Gasteiger charge is 2.06. The molecule has 0 spiro atoms. The van der Waals surface area contributed by atoms with Crippen molar-refractivity contribution >= 4 is 28.6 Å². The number of halogens is 1. The van der Waals surface area contributed by atoms with Crippen LogP contribution in [0.1, 0.15) is 11.8 Å². The van der Waals surface area contributed by atoms with Gasteiger partial charge in [0.05, 0.1) is 10.6 Å². The van der Waals surface area contributed by atoms with Gasteiger partial charge in [0.1, 0.15) is 5.01 Å². The number of nitrogens with zero attached hydrogens (tertiary/aromatic N) is 2. The smallest absolute Gasteiger partial charge is 0.123 e. The highest BCUT2D eigenvalue weighted by molar-refractivity contribution is 7.17. The molecule has 0 aliphatic carbocycles. The second-order valence-corrected chi connectivity index (χ2v) is 4.69. The summed E-state index contributed by atoms with van der Waals surface area (Å²) >= 11 is 7.29. The summed E-state index contributed by atoms with van der Waals surface area (Å²) in [6.07, 6.45) is 1.70. The Morgan fingerprint density at radius 1 is 1.38 bits per heavy atom. The summed E-state index contributed by atoms with van der Waals surface area (Å²) < 4.78 is 0. The van der Waals surface area contributed by atoms with E-state index in [4.69, 9.17) is 16.8 Å². The molecule has 1 N–H and O–H groups in total. The van der Waals surface area contributed by atoms with Crippen molar-refractivity contribution in [1.82, 2.24) is 4.98 Å². The lowest BCUT2D eigenvalue weighted by atomic mass is 10.2. The molecule has 0 unspecified atom stereocenters. The molecule has 1 aromatic carbocycles. The highest BCUT2D eigenvalue weighted by Crippen LogP contribution is 2.26. The zero-order valence-electron chi connectivity index (χ0n) is 8.51. The van der Waals surface area contributed by atoms with Gasteiger partial charge in [0.25, 0.3) is 0 Å². The predicted octanol–water partition coefficient (Wildman–Crippen LogP) is 3.66. The molecule has 1 heterocycles. The first-order valence-corrected chi connectivity index (χ1v) is 5.81. The first-order chi connectivity index (χ1) is 7.70. The Labute approximate surface area is 102 Å². The van der Waals surface area contributed by atoms with Gasteiger partial charge < -0.3 is 5.21 Å². The maximum absolute atomic E-state index is 8.65. The normalized spacial score (nSPS) is 11.8. The molecule has 0 radical (unpaired) electrons. The second kappa shape index (κ2) is 4.63. The van der Waals surface area contributed by atoms with Crippen LogP contribution in [0.3, 0.4) is 0 Å². The van der Waals surface area contributed by atoms with Crippen LogP contribution in [0.15, 0.2) is 35.6 Å². The zero-order valence-corrected chi connectivity index (χ0v) is 10.1. The van der Waals surface area contributed by atoms with Crippen molar-refractivity contribution in [3.8, 4) is 10.6 Å². The maximum Gasteiger partial charge on any atom is 0.123 e. The van der Waals surface area contributed by atoms with Crippen LogP contribution in [0.2, 0.25) is 5.02 Å². The van der Waals surface area contributed by atoms with Gasteiger partial charge in [0.2, 0.25) is 0 Å². The van der Waals surface area contributed by atoms with Crippen molar-refractivity contribution in [1.29, 1.82) is 0 Å². The maximum atomic E-state index is 8.65. The number of benzene rings is 1. The molecule has 0 aliphatic rings. The van der Waals surface area contributed by atoms with E-state index in [0.717, 1.165) is 15.4 Å². The van der Waals surface area contributed by atoms with Crippen molar-refractivity contribution in [3.05, 3.63) is 40.4 Å². The average Bonchev–Trinajstić information content (AvgIpc) is 2.78. The average molecular weight is 253 g/mol. The fourth-order valence-electron chi connectivity index (χ4n) is 1.22. The minimum absolute atomic E-state index is 0.567. The monoisotopic (exact) mass is 252 g/mol. The summed E-state index contributed by atoms with van der Waals surface area (Å²) in [7, 11) is 0. The van der Waals surface area contributed by atoms with E-state index in [9.17, 15) is 0 Å². The summed E-state index contributed by atoms with van der Waals surface area (Å²) in [4.78, 5) is 5.12. The third kappa shape index (κ3) is 2.23. The summed E-state index contributed by atoms with van der Waals surface area (Å²) in [6.45, 7) is 1.74. The third-order valence-corrected chi connectivity index (χ3v) is 3.51. The highest BCUT2D eigenvalue weighted by atomic mass is 35.5. The van der Waals surface area contributed by atoms with Gasteiger partial charge in [0, 0.05) is 16.8 Å². The Morgan fingerprint density at radius 3 is 2.69 bits per heavy atom. The summed E-state index contributed by atoms with van der Waals surface area (Å²) in [5.41, 5.74) is 1.57. The van der Waals surface area contributed by atoms with Crippen LogP contribution >= 0.6 is 22.9 Å². The van der Waals surface area contributed by atoms with Gasteiger partial charge in [-0.15, -0.1) is 11.3 Å². The lowest BCUT2D eigenvalue weighted by molar-refractivity contribution is 0.319. The number of hydrogen-bond acceptors (Lipinski definition) is 4. The van der Waals surface area contributed by atoms with Crippen LogP contribution in [-0.2, 0) is 0 Å². The van der Waals surface area contributed by atoms with Gasteiger partial charge in [-0.05, 0) is 19.1 Å². The van der Waals surface area contributed by atoms with Gasteiger partial charge in [-0.2, -0.15) is 0 Å². The molecule has 0 aliphatic heterocycles. The summed E-state index contributed by atoms with van der Waals surface area (Å²) in [6, 6.07) is 7.47. The molecule has 2 rings (SSSR count). The minimum Gasteiger partial charge on any atom is -0.411 e. The summed E-state index contributed by atoms with van der Waals surface area (Å²) in [5.74, 6) is 0. The number of oxime groups is 1. The Bertz CT molecular complexity index is 519. The van der Waals surface area contributed by atoms with Gasteiger partial charge >= 0.3 is 0 Å². The van der Waals surface area contributed by atoms with E-state index < -0.39 is 0 Å². The van der Waals surface area contributed by atoms with Gasteiger partial charge in [-0.3, -0.25) is 0 Å². The lowest BCUT2D eigenvalue weighted by Gasteiger charge is -1.95. The van der Waals surface area contributed by atoms with Crippen LogP contribution < -0.4 is 0 Å². The van der Waals surface area contributed by atoms with E-state index in [2.05, 4.69) is 10.1 Å². The van der Waals surface area contributed by atoms with Crippen LogP contribution in [0.25, 0.3) is 10.6 Å². The zero-order chi connectivity index (χ0) is 11.5. The quantitative estimate of drug-likeness (QED) is 0.504. The van der Waals surface area contributed by atoms with E-state index >= 15 is 0 Å². The van der Waals surface area contributed by atoms with Crippen molar-refractivity contribution < 1.29 is 5.21 Å². The SMILES string of the molecule is C/C(=N\O)c1cnc(-c2ccc(Cl)cc2)s1. The number of hydrogen-bond donors (Lipinski definition) is 1. The van der Waals surface area contributed by atoms with Gasteiger partial charge in [0.15, 0.2) is 0 Å². The van der Waals surface area contributed by atoms with Crippen molar-refractivity contribution in [2.45, 2.75) is 6.92 Å². The molecule has 0 fully saturated rings. The molecule has 82 valence electrons. The molecule has 2 aromatic rings.